The van der Waals surface area contributed by atoms with Crippen LogP contribution in [0, 0.1) is 11.8 Å². The average Bonchev–Trinajstić information content (AvgIpc) is 3.38. The Hall–Kier alpha value is -2.96. The van der Waals surface area contributed by atoms with E-state index in [1.807, 2.05) is 30.5 Å². The van der Waals surface area contributed by atoms with Crippen LogP contribution < -0.4 is 4.74 Å². The second-order valence-corrected chi connectivity index (χ2v) is 8.22. The third kappa shape index (κ3) is 2.38. The third-order valence-electron chi connectivity index (χ3n) is 6.85. The Balaban J connectivity index is 1.47. The molecule has 0 radical (unpaired) electrons. The van der Waals surface area contributed by atoms with Crippen molar-refractivity contribution >= 4 is 17.6 Å². The summed E-state index contributed by atoms with van der Waals surface area (Å²) in [6.45, 7) is 0.343. The summed E-state index contributed by atoms with van der Waals surface area (Å²) >= 11 is 0. The number of hydrogen-bond donors (Lipinski definition) is 0. The van der Waals surface area contributed by atoms with Gasteiger partial charge in [-0.25, -0.2) is 0 Å². The van der Waals surface area contributed by atoms with E-state index in [-0.39, 0.29) is 35.5 Å². The van der Waals surface area contributed by atoms with Crippen LogP contribution in [-0.2, 0) is 14.3 Å². The Morgan fingerprint density at radius 1 is 1.13 bits per heavy atom. The van der Waals surface area contributed by atoms with Crippen LogP contribution in [0.1, 0.15) is 27.5 Å². The van der Waals surface area contributed by atoms with Gasteiger partial charge in [-0.05, 0) is 41.5 Å². The zero-order chi connectivity index (χ0) is 20.4. The number of benzene rings is 2. The highest BCUT2D eigenvalue weighted by molar-refractivity contribution is 6.02. The third-order valence-corrected chi connectivity index (χ3v) is 6.85. The van der Waals surface area contributed by atoms with Crippen molar-refractivity contribution in [2.45, 2.75) is 24.5 Å². The fourth-order valence-electron chi connectivity index (χ4n) is 5.55. The topological polar surface area (TPSA) is 65.1 Å². The number of carbonyl (C=O) groups excluding carboxylic acids is 2. The van der Waals surface area contributed by atoms with Crippen LogP contribution in [0.4, 0.5) is 0 Å². The number of methoxy groups -OCH3 is 1. The van der Waals surface area contributed by atoms with E-state index in [2.05, 4.69) is 11.0 Å². The lowest BCUT2D eigenvalue weighted by Gasteiger charge is -2.34. The van der Waals surface area contributed by atoms with E-state index in [9.17, 15) is 9.59 Å². The molecule has 30 heavy (non-hydrogen) atoms. The summed E-state index contributed by atoms with van der Waals surface area (Å²) in [5.41, 5.74) is 2.76. The first-order chi connectivity index (χ1) is 14.7. The second kappa shape index (κ2) is 6.52. The number of fused-ring (bicyclic) bond motifs is 8. The molecule has 4 aliphatic heterocycles. The Morgan fingerprint density at radius 3 is 2.73 bits per heavy atom. The van der Waals surface area contributed by atoms with Gasteiger partial charge in [-0.3, -0.25) is 9.59 Å². The zero-order valence-corrected chi connectivity index (χ0v) is 16.4. The molecular weight excluding hydrogens is 382 g/mol. The minimum absolute atomic E-state index is 0.0130. The SMILES string of the molecule is COc1ccc(C(=O)[C@@H]2[C@@H]3[C@@H](C(=O)[C@@H]4OC[C@@H]3O4)[C@@H]3c4ccccc4C=CN23)cc1. The smallest absolute Gasteiger partial charge is 0.218 e. The second-order valence-electron chi connectivity index (χ2n) is 8.22. The van der Waals surface area contributed by atoms with Crippen LogP contribution in [0.5, 0.6) is 5.75 Å². The summed E-state index contributed by atoms with van der Waals surface area (Å²) in [4.78, 5) is 29.1. The van der Waals surface area contributed by atoms with E-state index in [1.165, 1.54) is 0 Å². The number of Topliss-reactive ketones (excluding diaryl/α,β-unsaturated/α-hetero) is 2. The lowest BCUT2D eigenvalue weighted by atomic mass is 9.75. The van der Waals surface area contributed by atoms with E-state index >= 15 is 0 Å². The first kappa shape index (κ1) is 17.9. The highest BCUT2D eigenvalue weighted by Gasteiger charge is 2.63. The number of carbonyl (C=O) groups is 2. The van der Waals surface area contributed by atoms with Crippen LogP contribution in [0.25, 0.3) is 6.08 Å². The predicted molar refractivity (Wildman–Crippen MR) is 108 cm³/mol. The van der Waals surface area contributed by atoms with Gasteiger partial charge in [0.25, 0.3) is 0 Å². The quantitative estimate of drug-likeness (QED) is 0.735. The van der Waals surface area contributed by atoms with Gasteiger partial charge in [-0.2, -0.15) is 0 Å². The zero-order valence-electron chi connectivity index (χ0n) is 16.4. The number of nitrogens with zero attached hydrogens (tertiary/aromatic N) is 1. The molecule has 3 saturated heterocycles. The molecule has 6 atom stereocenters. The number of ketones is 2. The molecule has 0 unspecified atom stereocenters. The van der Waals surface area contributed by atoms with Crippen molar-refractivity contribution in [2.75, 3.05) is 13.7 Å². The van der Waals surface area contributed by atoms with Gasteiger partial charge >= 0.3 is 0 Å². The van der Waals surface area contributed by atoms with Crippen molar-refractivity contribution in [3.05, 3.63) is 71.4 Å². The van der Waals surface area contributed by atoms with E-state index < -0.39 is 12.3 Å². The number of ether oxygens (including phenoxy) is 3. The molecule has 2 aromatic carbocycles. The Bertz CT molecular complexity index is 1060. The van der Waals surface area contributed by atoms with Crippen molar-refractivity contribution in [1.29, 1.82) is 0 Å². The molecule has 2 aromatic rings. The van der Waals surface area contributed by atoms with Gasteiger partial charge < -0.3 is 19.1 Å². The molecule has 3 fully saturated rings. The molecule has 2 bridgehead atoms. The van der Waals surface area contributed by atoms with Crippen LogP contribution in [0.3, 0.4) is 0 Å². The monoisotopic (exact) mass is 403 g/mol. The maximum Gasteiger partial charge on any atom is 0.218 e. The van der Waals surface area contributed by atoms with Crippen molar-refractivity contribution in [1.82, 2.24) is 4.90 Å². The molecular formula is C24H21NO5. The molecule has 6 heteroatoms. The lowest BCUT2D eigenvalue weighted by molar-refractivity contribution is -0.164. The lowest BCUT2D eigenvalue weighted by Crippen LogP contribution is -2.48. The predicted octanol–water partition coefficient (Wildman–Crippen LogP) is 2.84. The van der Waals surface area contributed by atoms with Gasteiger partial charge in [0.2, 0.25) is 6.29 Å². The minimum Gasteiger partial charge on any atom is -0.497 e. The van der Waals surface area contributed by atoms with Crippen LogP contribution in [0.15, 0.2) is 54.7 Å². The summed E-state index contributed by atoms with van der Waals surface area (Å²) in [6, 6.07) is 14.5. The Kier molecular flexibility index (Phi) is 3.88. The van der Waals surface area contributed by atoms with Crippen molar-refractivity contribution in [3.63, 3.8) is 0 Å². The van der Waals surface area contributed by atoms with Crippen molar-refractivity contribution in [3.8, 4) is 5.75 Å². The fourth-order valence-corrected chi connectivity index (χ4v) is 5.55. The molecule has 4 heterocycles. The van der Waals surface area contributed by atoms with Crippen molar-refractivity contribution in [2.24, 2.45) is 11.8 Å². The molecule has 152 valence electrons. The standard InChI is InChI=1S/C24H21NO5/c1-28-15-8-6-14(7-9-15)22(26)21-18-17-12-29-24(30-17)23(27)19(18)20-16-5-3-2-4-13(16)10-11-25(20)21/h2-11,17-21,24H,12H2,1H3/t17-,18-,19+,20-,21-,24+/m0/s1. The molecule has 6 nitrogen and oxygen atoms in total. The molecule has 4 aliphatic rings. The van der Waals surface area contributed by atoms with Crippen LogP contribution in [-0.4, -0.2) is 48.6 Å². The maximum atomic E-state index is 13.7. The van der Waals surface area contributed by atoms with E-state index in [0.29, 0.717) is 17.9 Å². The summed E-state index contributed by atoms with van der Waals surface area (Å²) in [5.74, 6) is 0.0322. The Labute approximate surface area is 174 Å². The average molecular weight is 403 g/mol. The van der Waals surface area contributed by atoms with Gasteiger partial charge in [0.05, 0.1) is 37.8 Å². The van der Waals surface area contributed by atoms with Gasteiger partial charge in [0, 0.05) is 17.7 Å². The van der Waals surface area contributed by atoms with Gasteiger partial charge in [-0.1, -0.05) is 24.3 Å². The summed E-state index contributed by atoms with van der Waals surface area (Å²) in [7, 11) is 1.60. The van der Waals surface area contributed by atoms with Gasteiger partial charge in [-0.15, -0.1) is 0 Å². The van der Waals surface area contributed by atoms with E-state index in [0.717, 1.165) is 11.1 Å². The summed E-state index contributed by atoms with van der Waals surface area (Å²) in [6.07, 6.45) is 2.92. The molecule has 0 amide bonds. The first-order valence-corrected chi connectivity index (χ1v) is 10.2. The van der Waals surface area contributed by atoms with Gasteiger partial charge in [0.15, 0.2) is 11.6 Å². The normalized spacial score (nSPS) is 33.1. The summed E-state index contributed by atoms with van der Waals surface area (Å²) < 4.78 is 16.7. The van der Waals surface area contributed by atoms with E-state index in [4.69, 9.17) is 14.2 Å². The largest absolute Gasteiger partial charge is 0.497 e. The number of rotatable bonds is 3. The highest BCUT2D eigenvalue weighted by atomic mass is 16.7. The molecule has 0 saturated carbocycles. The van der Waals surface area contributed by atoms with Crippen LogP contribution >= 0.6 is 0 Å². The van der Waals surface area contributed by atoms with E-state index in [1.54, 1.807) is 31.4 Å². The Morgan fingerprint density at radius 2 is 1.93 bits per heavy atom. The molecule has 0 N–H and O–H groups in total. The number of hydrogen-bond acceptors (Lipinski definition) is 6. The fraction of sp³-hybridized carbons (Fsp3) is 0.333. The molecule has 6 rings (SSSR count). The van der Waals surface area contributed by atoms with Crippen molar-refractivity contribution < 1.29 is 23.8 Å². The first-order valence-electron chi connectivity index (χ1n) is 10.2. The van der Waals surface area contributed by atoms with Crippen LogP contribution in [0.2, 0.25) is 0 Å². The minimum atomic E-state index is -0.814. The highest BCUT2D eigenvalue weighted by Crippen LogP contribution is 2.54. The molecule has 0 aromatic heterocycles. The maximum absolute atomic E-state index is 13.7. The molecule has 0 aliphatic carbocycles. The summed E-state index contributed by atoms with van der Waals surface area (Å²) in [5, 5.41) is 0. The molecule has 0 spiro atoms. The van der Waals surface area contributed by atoms with Gasteiger partial charge in [0.1, 0.15) is 5.75 Å².